The van der Waals surface area contributed by atoms with Gasteiger partial charge in [-0.2, -0.15) is 0 Å². The molecule has 0 bridgehead atoms. The molecule has 1 atom stereocenters. The zero-order valence-electron chi connectivity index (χ0n) is 11.4. The van der Waals surface area contributed by atoms with E-state index in [9.17, 15) is 13.6 Å². The molecule has 1 aliphatic heterocycles. The first-order valence-corrected chi connectivity index (χ1v) is 6.79. The van der Waals surface area contributed by atoms with E-state index >= 15 is 0 Å². The number of halogens is 3. The second-order valence-corrected chi connectivity index (χ2v) is 6.26. The first-order valence-electron chi connectivity index (χ1n) is 6.42. The number of nitrogens with zero attached hydrogens (tertiary/aromatic N) is 1. The minimum Gasteiger partial charge on any atom is -0.338 e. The van der Waals surface area contributed by atoms with E-state index in [-0.39, 0.29) is 22.0 Å². The summed E-state index contributed by atoms with van der Waals surface area (Å²) in [4.78, 5) is 13.8. The van der Waals surface area contributed by atoms with E-state index in [1.807, 2.05) is 13.8 Å². The summed E-state index contributed by atoms with van der Waals surface area (Å²) in [6.45, 7) is 4.76. The summed E-state index contributed by atoms with van der Waals surface area (Å²) in [7, 11) is 0. The highest BCUT2D eigenvalue weighted by atomic mass is 35.5. The largest absolute Gasteiger partial charge is 0.338 e. The molecule has 6 heteroatoms. The molecule has 2 N–H and O–H groups in total. The Morgan fingerprint density at radius 2 is 2.05 bits per heavy atom. The molecular formula is C14H17ClF2N2O. The zero-order chi connectivity index (χ0) is 15.1. The normalized spacial score (nSPS) is 21.9. The Hall–Kier alpha value is -1.20. The van der Waals surface area contributed by atoms with Gasteiger partial charge in [-0.1, -0.05) is 25.4 Å². The molecule has 0 saturated carbocycles. The fraction of sp³-hybridized carbons (Fsp3) is 0.500. The van der Waals surface area contributed by atoms with Crippen molar-refractivity contribution in [2.24, 2.45) is 11.1 Å². The fourth-order valence-electron chi connectivity index (χ4n) is 2.40. The van der Waals surface area contributed by atoms with Gasteiger partial charge in [0.2, 0.25) is 0 Å². The lowest BCUT2D eigenvalue weighted by molar-refractivity contribution is 0.0528. The van der Waals surface area contributed by atoms with Gasteiger partial charge in [0, 0.05) is 19.1 Å². The van der Waals surface area contributed by atoms with E-state index in [1.165, 1.54) is 4.90 Å². The molecule has 2 rings (SSSR count). The highest BCUT2D eigenvalue weighted by molar-refractivity contribution is 6.30. The molecule has 1 aliphatic rings. The number of hydrogen-bond acceptors (Lipinski definition) is 2. The monoisotopic (exact) mass is 302 g/mol. The Morgan fingerprint density at radius 1 is 1.40 bits per heavy atom. The SMILES string of the molecule is CC1(C)CN(C(=O)c2cc(F)c(Cl)cc2F)CCC1N. The van der Waals surface area contributed by atoms with Crippen LogP contribution in [0.4, 0.5) is 8.78 Å². The van der Waals surface area contributed by atoms with Gasteiger partial charge in [0.25, 0.3) is 5.91 Å². The van der Waals surface area contributed by atoms with Crippen molar-refractivity contribution in [1.82, 2.24) is 4.90 Å². The van der Waals surface area contributed by atoms with E-state index in [0.29, 0.717) is 19.5 Å². The van der Waals surface area contributed by atoms with Crippen LogP contribution in [0.15, 0.2) is 12.1 Å². The van der Waals surface area contributed by atoms with E-state index < -0.39 is 17.5 Å². The number of piperidine rings is 1. The number of nitrogens with two attached hydrogens (primary N) is 1. The van der Waals surface area contributed by atoms with Crippen molar-refractivity contribution in [2.45, 2.75) is 26.3 Å². The molecule has 0 aliphatic carbocycles. The molecule has 1 aromatic carbocycles. The van der Waals surface area contributed by atoms with Gasteiger partial charge >= 0.3 is 0 Å². The summed E-state index contributed by atoms with van der Waals surface area (Å²) in [6.07, 6.45) is 0.635. The van der Waals surface area contributed by atoms with Gasteiger partial charge in [-0.3, -0.25) is 4.79 Å². The molecule has 0 spiro atoms. The molecule has 110 valence electrons. The van der Waals surface area contributed by atoms with E-state index in [2.05, 4.69) is 0 Å². The summed E-state index contributed by atoms with van der Waals surface area (Å²) in [5.41, 5.74) is 5.45. The van der Waals surface area contributed by atoms with Crippen LogP contribution in [-0.2, 0) is 0 Å². The van der Waals surface area contributed by atoms with Gasteiger partial charge in [0.1, 0.15) is 11.6 Å². The number of hydrogen-bond donors (Lipinski definition) is 1. The predicted octanol–water partition coefficient (Wildman–Crippen LogP) is 2.82. The van der Waals surface area contributed by atoms with Gasteiger partial charge in [0.05, 0.1) is 10.6 Å². The molecule has 20 heavy (non-hydrogen) atoms. The van der Waals surface area contributed by atoms with Gasteiger partial charge in [0.15, 0.2) is 0 Å². The van der Waals surface area contributed by atoms with Gasteiger partial charge in [-0.15, -0.1) is 0 Å². The topological polar surface area (TPSA) is 46.3 Å². The van der Waals surface area contributed by atoms with E-state index in [1.54, 1.807) is 0 Å². The van der Waals surface area contributed by atoms with Crippen LogP contribution in [0.5, 0.6) is 0 Å². The van der Waals surface area contributed by atoms with Crippen LogP contribution >= 0.6 is 11.6 Å². The predicted molar refractivity (Wildman–Crippen MR) is 73.6 cm³/mol. The van der Waals surface area contributed by atoms with Crippen LogP contribution in [0, 0.1) is 17.0 Å². The van der Waals surface area contributed by atoms with Crippen molar-refractivity contribution in [3.8, 4) is 0 Å². The van der Waals surface area contributed by atoms with E-state index in [0.717, 1.165) is 12.1 Å². The number of carbonyl (C=O) groups is 1. The van der Waals surface area contributed by atoms with Crippen LogP contribution in [0.25, 0.3) is 0 Å². The Labute approximate surface area is 121 Å². The minimum atomic E-state index is -0.811. The summed E-state index contributed by atoms with van der Waals surface area (Å²) in [5.74, 6) is -2.14. The first kappa shape index (κ1) is 15.2. The lowest BCUT2D eigenvalue weighted by Crippen LogP contribution is -2.54. The minimum absolute atomic E-state index is 0.0154. The van der Waals surface area contributed by atoms with Crippen LogP contribution in [0.1, 0.15) is 30.6 Å². The number of amides is 1. The van der Waals surface area contributed by atoms with Gasteiger partial charge < -0.3 is 10.6 Å². The standard InChI is InChI=1S/C14H17ClF2N2O/c1-14(2)7-19(4-3-12(14)18)13(20)8-5-11(17)9(15)6-10(8)16/h5-6,12H,3-4,7,18H2,1-2H3. The summed E-state index contributed by atoms with van der Waals surface area (Å²) < 4.78 is 27.2. The van der Waals surface area contributed by atoms with Crippen molar-refractivity contribution >= 4 is 17.5 Å². The molecule has 1 heterocycles. The molecule has 1 amide bonds. The quantitative estimate of drug-likeness (QED) is 0.811. The molecule has 1 unspecified atom stereocenters. The second kappa shape index (κ2) is 5.30. The molecule has 3 nitrogen and oxygen atoms in total. The van der Waals surface area contributed by atoms with Crippen molar-refractivity contribution in [1.29, 1.82) is 0 Å². The van der Waals surface area contributed by atoms with E-state index in [4.69, 9.17) is 17.3 Å². The van der Waals surface area contributed by atoms with Crippen molar-refractivity contribution in [3.05, 3.63) is 34.4 Å². The average Bonchev–Trinajstić information content (AvgIpc) is 2.36. The second-order valence-electron chi connectivity index (χ2n) is 5.86. The summed E-state index contributed by atoms with van der Waals surface area (Å²) in [6, 6.07) is 1.66. The summed E-state index contributed by atoms with van der Waals surface area (Å²) >= 11 is 5.48. The molecule has 1 aromatic rings. The molecular weight excluding hydrogens is 286 g/mol. The first-order chi connectivity index (χ1) is 9.22. The number of rotatable bonds is 1. The van der Waals surface area contributed by atoms with Crippen LogP contribution in [0.2, 0.25) is 5.02 Å². The lowest BCUT2D eigenvalue weighted by Gasteiger charge is -2.42. The Bertz CT molecular complexity index is 548. The van der Waals surface area contributed by atoms with Gasteiger partial charge in [-0.25, -0.2) is 8.78 Å². The number of carbonyl (C=O) groups excluding carboxylic acids is 1. The zero-order valence-corrected chi connectivity index (χ0v) is 12.2. The Morgan fingerprint density at radius 3 is 2.65 bits per heavy atom. The maximum absolute atomic E-state index is 13.8. The highest BCUT2D eigenvalue weighted by Gasteiger charge is 2.36. The lowest BCUT2D eigenvalue weighted by atomic mass is 9.79. The van der Waals surface area contributed by atoms with Gasteiger partial charge in [-0.05, 0) is 24.0 Å². The maximum atomic E-state index is 13.8. The Balaban J connectivity index is 2.26. The van der Waals surface area contributed by atoms with Crippen molar-refractivity contribution < 1.29 is 13.6 Å². The van der Waals surface area contributed by atoms with Crippen LogP contribution in [-0.4, -0.2) is 29.9 Å². The summed E-state index contributed by atoms with van der Waals surface area (Å²) in [5, 5.41) is -0.333. The third-order valence-electron chi connectivity index (χ3n) is 3.84. The van der Waals surface area contributed by atoms with Crippen molar-refractivity contribution in [3.63, 3.8) is 0 Å². The smallest absolute Gasteiger partial charge is 0.256 e. The number of benzene rings is 1. The molecule has 0 radical (unpaired) electrons. The highest BCUT2D eigenvalue weighted by Crippen LogP contribution is 2.29. The molecule has 1 saturated heterocycles. The molecule has 1 fully saturated rings. The van der Waals surface area contributed by atoms with Crippen molar-refractivity contribution in [2.75, 3.05) is 13.1 Å². The maximum Gasteiger partial charge on any atom is 0.256 e. The van der Waals surface area contributed by atoms with Crippen LogP contribution < -0.4 is 5.73 Å². The Kier molecular flexibility index (Phi) is 4.02. The average molecular weight is 303 g/mol. The molecule has 0 aromatic heterocycles. The van der Waals surface area contributed by atoms with Crippen LogP contribution in [0.3, 0.4) is 0 Å². The fourth-order valence-corrected chi connectivity index (χ4v) is 2.55. The third-order valence-corrected chi connectivity index (χ3v) is 4.13. The third kappa shape index (κ3) is 2.79. The number of likely N-dealkylation sites (tertiary alicyclic amines) is 1.